The Morgan fingerprint density at radius 1 is 0.789 bits per heavy atom. The standard InChI is InChI=1S/C57H69NO14S4/c1-32-37(67-49(61)43-41(33-17-11-9-12-18-33)58(50(62)72-53(2,3)4)47(69-43)34-21-23-36(65-8)24-22-34)30-57(64)46(71-48(60)35-19-13-10-14-20-35)44-55(7,38(29-39-56(44,63)31-66-39)68-51-73-25-15-26-74-51)45(59)42(40(32)54(57,5)6)70-52-75-27-16-28-76-52/h9-14,17-24,37-39,41-44,46-47,51-52,63-64H,15-16,25-31H2,1-8H3/t37-,38-,39+,41-,42+,43+,44-,46-,47+,55+,56-,57+/m0/s1. The van der Waals surface area contributed by atoms with Crippen LogP contribution in [0.1, 0.15) is 108 Å². The van der Waals surface area contributed by atoms with Crippen LogP contribution in [0.15, 0.2) is 96.1 Å². The number of nitrogens with zero attached hydrogens (tertiary/aromatic N) is 1. The molecule has 10 rings (SSSR count). The third kappa shape index (κ3) is 10.0. The van der Waals surface area contributed by atoms with Gasteiger partial charge >= 0.3 is 18.0 Å². The Hall–Kier alpha value is -3.76. The number of ketones is 1. The number of rotatable bonds is 11. The second-order valence-electron chi connectivity index (χ2n) is 22.5. The molecule has 6 fully saturated rings. The molecule has 3 aromatic carbocycles. The molecular formula is C57H69NO14S4. The highest BCUT2D eigenvalue weighted by atomic mass is 32.2. The summed E-state index contributed by atoms with van der Waals surface area (Å²) in [7, 11) is 1.55. The van der Waals surface area contributed by atoms with Gasteiger partial charge in [0.15, 0.2) is 22.9 Å². The topological polar surface area (TPSA) is 186 Å². The van der Waals surface area contributed by atoms with E-state index in [1.807, 2.05) is 6.07 Å². The number of thioether (sulfide) groups is 4. The number of hydrogen-bond donors (Lipinski definition) is 2. The highest BCUT2D eigenvalue weighted by Gasteiger charge is 2.77. The lowest BCUT2D eigenvalue weighted by molar-refractivity contribution is -0.346. The van der Waals surface area contributed by atoms with Gasteiger partial charge in [0.2, 0.25) is 0 Å². The van der Waals surface area contributed by atoms with E-state index in [9.17, 15) is 19.8 Å². The number of amides is 1. The number of benzene rings is 3. The normalized spacial score (nSPS) is 34.7. The summed E-state index contributed by atoms with van der Waals surface area (Å²) < 4.78 is 51.3. The minimum absolute atomic E-state index is 0.160. The maximum atomic E-state index is 16.7. The van der Waals surface area contributed by atoms with Gasteiger partial charge < -0.3 is 48.1 Å². The van der Waals surface area contributed by atoms with Gasteiger partial charge in [-0.25, -0.2) is 14.4 Å². The minimum atomic E-state index is -2.20. The monoisotopic (exact) mass is 1120 g/mol. The first-order chi connectivity index (χ1) is 36.2. The van der Waals surface area contributed by atoms with Crippen molar-refractivity contribution in [1.29, 1.82) is 0 Å². The average molecular weight is 1120 g/mol. The van der Waals surface area contributed by atoms with E-state index in [-0.39, 0.29) is 29.8 Å². The number of Topliss-reactive ketones (excluding diaryl/α,β-unsaturated/α-hetero) is 1. The van der Waals surface area contributed by atoms with Crippen LogP contribution in [0.3, 0.4) is 0 Å². The molecule has 2 bridgehead atoms. The molecule has 12 atom stereocenters. The molecule has 3 aliphatic carbocycles. The lowest BCUT2D eigenvalue weighted by atomic mass is 9.44. The van der Waals surface area contributed by atoms with Gasteiger partial charge in [0.1, 0.15) is 51.7 Å². The van der Waals surface area contributed by atoms with Crippen molar-refractivity contribution in [2.45, 2.75) is 149 Å². The van der Waals surface area contributed by atoms with Gasteiger partial charge in [-0.2, -0.15) is 0 Å². The second kappa shape index (κ2) is 21.7. The molecule has 4 saturated heterocycles. The molecule has 3 aromatic rings. The largest absolute Gasteiger partial charge is 0.497 e. The molecule has 4 aliphatic heterocycles. The van der Waals surface area contributed by atoms with Crippen molar-refractivity contribution in [3.8, 4) is 5.75 Å². The van der Waals surface area contributed by atoms with Crippen LogP contribution in [0.25, 0.3) is 0 Å². The quantitative estimate of drug-likeness (QED) is 0.105. The molecule has 1 amide bonds. The zero-order valence-corrected chi connectivity index (χ0v) is 47.4. The van der Waals surface area contributed by atoms with E-state index in [2.05, 4.69) is 0 Å². The van der Waals surface area contributed by atoms with Crippen molar-refractivity contribution in [2.75, 3.05) is 36.7 Å². The molecule has 15 nitrogen and oxygen atoms in total. The summed E-state index contributed by atoms with van der Waals surface area (Å²) in [5, 5.41) is 27.6. The van der Waals surface area contributed by atoms with Gasteiger partial charge in [0.05, 0.1) is 36.9 Å². The fraction of sp³-hybridized carbons (Fsp3) is 0.579. The first-order valence-electron chi connectivity index (χ1n) is 26.1. The van der Waals surface area contributed by atoms with Crippen molar-refractivity contribution >= 4 is 70.9 Å². The lowest BCUT2D eigenvalue weighted by Crippen LogP contribution is -2.81. The van der Waals surface area contributed by atoms with Crippen LogP contribution in [-0.2, 0) is 42.7 Å². The van der Waals surface area contributed by atoms with Gasteiger partial charge in [0.25, 0.3) is 0 Å². The summed E-state index contributed by atoms with van der Waals surface area (Å²) in [6.07, 6.45) is -7.59. The predicted octanol–water partition coefficient (Wildman–Crippen LogP) is 9.50. The number of aliphatic hydroxyl groups is 2. The van der Waals surface area contributed by atoms with Gasteiger partial charge in [-0.05, 0) is 111 Å². The number of carbonyl (C=O) groups is 4. The van der Waals surface area contributed by atoms with Gasteiger partial charge in [-0.15, -0.1) is 47.0 Å². The van der Waals surface area contributed by atoms with Gasteiger partial charge in [-0.3, -0.25) is 9.69 Å². The fourth-order valence-corrected chi connectivity index (χ4v) is 17.6. The van der Waals surface area contributed by atoms with Crippen molar-refractivity contribution in [3.05, 3.63) is 113 Å². The molecule has 2 N–H and O–H groups in total. The van der Waals surface area contributed by atoms with Crippen LogP contribution in [0.5, 0.6) is 5.75 Å². The Balaban J connectivity index is 1.13. The summed E-state index contributed by atoms with van der Waals surface area (Å²) in [4.78, 5) is 63.0. The molecule has 0 radical (unpaired) electrons. The van der Waals surface area contributed by atoms with Crippen molar-refractivity contribution in [1.82, 2.24) is 4.90 Å². The molecule has 0 unspecified atom stereocenters. The minimum Gasteiger partial charge on any atom is -0.497 e. The highest BCUT2D eigenvalue weighted by molar-refractivity contribution is 8.17. The maximum Gasteiger partial charge on any atom is 0.413 e. The van der Waals surface area contributed by atoms with Crippen LogP contribution >= 0.6 is 47.0 Å². The van der Waals surface area contributed by atoms with Crippen LogP contribution in [-0.4, -0.2) is 139 Å². The molecule has 2 saturated carbocycles. The molecule has 7 aliphatic rings. The summed E-state index contributed by atoms with van der Waals surface area (Å²) >= 11 is 6.47. The summed E-state index contributed by atoms with van der Waals surface area (Å²) in [6, 6.07) is 23.3. The Kier molecular flexibility index (Phi) is 15.9. The number of carbonyl (C=O) groups excluding carboxylic acids is 4. The first kappa shape index (κ1) is 55.6. The average Bonchev–Trinajstić information content (AvgIpc) is 3.72. The molecule has 0 spiro atoms. The van der Waals surface area contributed by atoms with Crippen molar-refractivity contribution in [3.63, 3.8) is 0 Å². The second-order valence-corrected chi connectivity index (χ2v) is 27.7. The summed E-state index contributed by atoms with van der Waals surface area (Å²) in [5.74, 6) is 0.493. The van der Waals surface area contributed by atoms with Gasteiger partial charge in [0, 0.05) is 29.7 Å². The Bertz CT molecular complexity index is 2660. The predicted molar refractivity (Wildman–Crippen MR) is 292 cm³/mol. The molecule has 410 valence electrons. The molecule has 19 heteroatoms. The number of esters is 2. The number of ether oxygens (including phenoxy) is 8. The van der Waals surface area contributed by atoms with E-state index >= 15 is 9.59 Å². The van der Waals surface area contributed by atoms with Crippen LogP contribution < -0.4 is 4.74 Å². The van der Waals surface area contributed by atoms with Gasteiger partial charge in [-0.1, -0.05) is 74.5 Å². The maximum absolute atomic E-state index is 16.7. The van der Waals surface area contributed by atoms with Crippen molar-refractivity contribution < 1.29 is 67.3 Å². The van der Waals surface area contributed by atoms with Crippen LogP contribution in [0, 0.1) is 16.7 Å². The fourth-order valence-electron chi connectivity index (χ4n) is 12.5. The lowest BCUT2D eigenvalue weighted by Gasteiger charge is -2.67. The van der Waals surface area contributed by atoms with E-state index < -0.39 is 111 Å². The van der Waals surface area contributed by atoms with E-state index in [1.165, 1.54) is 4.90 Å². The van der Waals surface area contributed by atoms with E-state index in [4.69, 9.17) is 37.9 Å². The molecule has 0 aromatic heterocycles. The van der Waals surface area contributed by atoms with E-state index in [0.29, 0.717) is 28.0 Å². The molecule has 4 heterocycles. The van der Waals surface area contributed by atoms with E-state index in [1.54, 1.807) is 181 Å². The van der Waals surface area contributed by atoms with E-state index in [0.717, 1.165) is 35.9 Å². The van der Waals surface area contributed by atoms with Crippen LogP contribution in [0.4, 0.5) is 4.79 Å². The Morgan fingerprint density at radius 2 is 1.39 bits per heavy atom. The smallest absolute Gasteiger partial charge is 0.413 e. The number of fused-ring (bicyclic) bond motifs is 5. The summed E-state index contributed by atoms with van der Waals surface area (Å²) in [5.41, 5.74) is -5.93. The SMILES string of the molecule is COc1ccc([C@H]2O[C@@H](C(=O)O[C@H]3C[C@@]4(O)[C@@H](OC(=O)c5ccccc5)[C@@H]5[C@]6(O)CO[C@@H]6C[C@H](OC6SCCCS6)[C@@]5(C)C(=O)[C@H](OC5SCCCS5)C(=C3C)C4(C)C)[C@H](c3ccccc3)N2C(=O)OC(C)(C)C)cc1. The first-order valence-corrected chi connectivity index (χ1v) is 30.3. The third-order valence-corrected chi connectivity index (χ3v) is 21.7. The molecule has 76 heavy (non-hydrogen) atoms. The highest BCUT2D eigenvalue weighted by Crippen LogP contribution is 2.65. The van der Waals surface area contributed by atoms with Crippen molar-refractivity contribution in [2.24, 2.45) is 16.7 Å². The zero-order chi connectivity index (χ0) is 54.0. The molecular weight excluding hydrogens is 1050 g/mol. The zero-order valence-electron chi connectivity index (χ0n) is 44.2. The van der Waals surface area contributed by atoms with Crippen LogP contribution in [0.2, 0.25) is 0 Å². The third-order valence-electron chi connectivity index (χ3n) is 16.4. The number of hydrogen-bond acceptors (Lipinski definition) is 18. The Labute approximate surface area is 461 Å². The summed E-state index contributed by atoms with van der Waals surface area (Å²) in [6.45, 7) is 12.2. The Morgan fingerprint density at radius 3 is 1.97 bits per heavy atom. The number of methoxy groups -OCH3 is 1.